The van der Waals surface area contributed by atoms with Gasteiger partial charge in [-0.25, -0.2) is 0 Å². The van der Waals surface area contributed by atoms with E-state index in [-0.39, 0.29) is 11.9 Å². The molecule has 1 unspecified atom stereocenters. The highest BCUT2D eigenvalue weighted by molar-refractivity contribution is 9.11. The second-order valence-electron chi connectivity index (χ2n) is 2.25. The van der Waals surface area contributed by atoms with Gasteiger partial charge < -0.3 is 10.6 Å². The van der Waals surface area contributed by atoms with Crippen LogP contribution in [-0.2, 0) is 4.79 Å². The molecule has 0 bridgehead atoms. The molecular weight excluding hydrogens is 208 g/mol. The summed E-state index contributed by atoms with van der Waals surface area (Å²) >= 11 is 3.14. The van der Waals surface area contributed by atoms with E-state index in [4.69, 9.17) is 0 Å². The molecule has 0 aliphatic rings. The van der Waals surface area contributed by atoms with Crippen LogP contribution >= 0.6 is 15.9 Å². The fourth-order valence-corrected chi connectivity index (χ4v) is 0.607. The van der Waals surface area contributed by atoms with Crippen molar-refractivity contribution in [1.82, 2.24) is 10.6 Å². The number of hydrogen-bond donors (Lipinski definition) is 2. The highest BCUT2D eigenvalue weighted by atomic mass is 79.9. The van der Waals surface area contributed by atoms with Crippen molar-refractivity contribution < 1.29 is 4.79 Å². The van der Waals surface area contributed by atoms with Crippen molar-refractivity contribution in [3.05, 3.63) is 11.1 Å². The summed E-state index contributed by atoms with van der Waals surface area (Å²) in [5.74, 6) is -0.0203. The van der Waals surface area contributed by atoms with E-state index in [0.717, 1.165) is 4.48 Å². The number of likely N-dealkylation sites (N-methyl/N-ethyl adjacent to an activating group) is 1. The minimum atomic E-state index is -0.151. The molecule has 1 amide bonds. The number of hydrogen-bond acceptors (Lipinski definition) is 2. The van der Waals surface area contributed by atoms with Gasteiger partial charge in [0.2, 0.25) is 5.91 Å². The van der Waals surface area contributed by atoms with E-state index in [0.29, 0.717) is 6.54 Å². The lowest BCUT2D eigenvalue weighted by atomic mass is 10.3. The summed E-state index contributed by atoms with van der Waals surface area (Å²) in [6.45, 7) is 5.87. The molecule has 0 saturated carbocycles. The largest absolute Gasteiger partial charge is 0.350 e. The van der Waals surface area contributed by atoms with E-state index in [2.05, 4.69) is 33.1 Å². The lowest BCUT2D eigenvalue weighted by Crippen LogP contribution is -2.40. The number of amides is 1. The van der Waals surface area contributed by atoms with E-state index in [1.165, 1.54) is 0 Å². The third-order valence-corrected chi connectivity index (χ3v) is 1.56. The Morgan fingerprint density at radius 3 is 2.64 bits per heavy atom. The van der Waals surface area contributed by atoms with Crippen LogP contribution in [0.4, 0.5) is 0 Å². The first-order chi connectivity index (χ1) is 5.07. The van der Waals surface area contributed by atoms with Crippen molar-refractivity contribution in [2.45, 2.75) is 13.0 Å². The summed E-state index contributed by atoms with van der Waals surface area (Å²) in [5.41, 5.74) is 0. The van der Waals surface area contributed by atoms with Crippen molar-refractivity contribution in [3.8, 4) is 0 Å². The summed E-state index contributed by atoms with van der Waals surface area (Å²) in [7, 11) is 1.74. The van der Waals surface area contributed by atoms with E-state index in [9.17, 15) is 4.79 Å². The molecule has 0 spiro atoms. The normalized spacial score (nSPS) is 12.3. The van der Waals surface area contributed by atoms with Crippen LogP contribution in [0, 0.1) is 0 Å². The van der Waals surface area contributed by atoms with Crippen molar-refractivity contribution in [1.29, 1.82) is 0 Å². The molecule has 0 radical (unpaired) electrons. The second kappa shape index (κ2) is 5.32. The predicted octanol–water partition coefficient (Wildman–Crippen LogP) is 0.619. The van der Waals surface area contributed by atoms with Gasteiger partial charge in [-0.05, 0) is 14.0 Å². The van der Waals surface area contributed by atoms with Gasteiger partial charge >= 0.3 is 0 Å². The summed E-state index contributed by atoms with van der Waals surface area (Å²) in [5, 5.41) is 5.52. The van der Waals surface area contributed by atoms with Crippen molar-refractivity contribution in [2.24, 2.45) is 0 Å². The molecule has 0 heterocycles. The molecule has 0 aliphatic heterocycles. The third kappa shape index (κ3) is 4.98. The zero-order chi connectivity index (χ0) is 8.85. The van der Waals surface area contributed by atoms with Gasteiger partial charge in [0.15, 0.2) is 0 Å². The summed E-state index contributed by atoms with van der Waals surface area (Å²) < 4.78 is 0.772. The van der Waals surface area contributed by atoms with E-state index < -0.39 is 0 Å². The quantitative estimate of drug-likeness (QED) is 0.730. The molecule has 2 N–H and O–H groups in total. The standard InChI is InChI=1S/C7H13BrN2O/c1-5(8)4-10-7(11)6(2)9-3/h6,9H,1,4H2,2-3H3,(H,10,11). The molecule has 0 aromatic rings. The second-order valence-corrected chi connectivity index (χ2v) is 3.37. The number of carbonyl (C=O) groups excluding carboxylic acids is 1. The highest BCUT2D eigenvalue weighted by Gasteiger charge is 2.08. The molecule has 0 fully saturated rings. The molecule has 1 atom stereocenters. The topological polar surface area (TPSA) is 41.1 Å². The van der Waals surface area contributed by atoms with Crippen LogP contribution in [0.1, 0.15) is 6.92 Å². The predicted molar refractivity (Wildman–Crippen MR) is 49.6 cm³/mol. The van der Waals surface area contributed by atoms with Gasteiger partial charge in [0.1, 0.15) is 0 Å². The Labute approximate surface area is 75.4 Å². The Balaban J connectivity index is 3.60. The fraction of sp³-hybridized carbons (Fsp3) is 0.571. The average molecular weight is 221 g/mol. The molecule has 64 valence electrons. The molecular formula is C7H13BrN2O. The van der Waals surface area contributed by atoms with Gasteiger partial charge in [0, 0.05) is 11.0 Å². The number of nitrogens with one attached hydrogen (secondary N) is 2. The molecule has 4 heteroatoms. The van der Waals surface area contributed by atoms with Crippen molar-refractivity contribution >= 4 is 21.8 Å². The van der Waals surface area contributed by atoms with Gasteiger partial charge in [-0.15, -0.1) is 0 Å². The maximum atomic E-state index is 11.0. The van der Waals surface area contributed by atoms with Crippen LogP contribution in [0.5, 0.6) is 0 Å². The van der Waals surface area contributed by atoms with Gasteiger partial charge in [0.25, 0.3) is 0 Å². The minimum Gasteiger partial charge on any atom is -0.350 e. The average Bonchev–Trinajstić information content (AvgIpc) is 1.98. The lowest BCUT2D eigenvalue weighted by Gasteiger charge is -2.09. The Morgan fingerprint density at radius 1 is 1.73 bits per heavy atom. The summed E-state index contributed by atoms with van der Waals surface area (Å²) in [6, 6.07) is -0.151. The number of rotatable bonds is 4. The first kappa shape index (κ1) is 10.7. The lowest BCUT2D eigenvalue weighted by molar-refractivity contribution is -0.122. The minimum absolute atomic E-state index is 0.0203. The SMILES string of the molecule is C=C(Br)CNC(=O)C(C)NC. The maximum Gasteiger partial charge on any atom is 0.237 e. The van der Waals surface area contributed by atoms with E-state index in [1.54, 1.807) is 14.0 Å². The van der Waals surface area contributed by atoms with Crippen molar-refractivity contribution in [3.63, 3.8) is 0 Å². The summed E-state index contributed by atoms with van der Waals surface area (Å²) in [4.78, 5) is 11.0. The van der Waals surface area contributed by atoms with E-state index in [1.807, 2.05) is 0 Å². The molecule has 3 nitrogen and oxygen atoms in total. The first-order valence-corrected chi connectivity index (χ1v) is 4.15. The van der Waals surface area contributed by atoms with E-state index >= 15 is 0 Å². The Bertz CT molecular complexity index is 159. The maximum absolute atomic E-state index is 11.0. The molecule has 0 rings (SSSR count). The van der Waals surface area contributed by atoms with Gasteiger partial charge in [-0.2, -0.15) is 0 Å². The van der Waals surface area contributed by atoms with Crippen LogP contribution in [0.2, 0.25) is 0 Å². The molecule has 11 heavy (non-hydrogen) atoms. The Kier molecular flexibility index (Phi) is 5.15. The molecule has 0 saturated heterocycles. The van der Waals surface area contributed by atoms with Gasteiger partial charge in [-0.1, -0.05) is 22.5 Å². The number of halogens is 1. The Hall–Kier alpha value is -0.350. The summed E-state index contributed by atoms with van der Waals surface area (Å²) in [6.07, 6.45) is 0. The van der Waals surface area contributed by atoms with Crippen LogP contribution in [0.3, 0.4) is 0 Å². The van der Waals surface area contributed by atoms with Crippen LogP contribution in [-0.4, -0.2) is 25.5 Å². The zero-order valence-corrected chi connectivity index (χ0v) is 8.36. The molecule has 0 aromatic carbocycles. The Morgan fingerprint density at radius 2 is 2.27 bits per heavy atom. The first-order valence-electron chi connectivity index (χ1n) is 3.36. The molecule has 0 aromatic heterocycles. The zero-order valence-electron chi connectivity index (χ0n) is 6.78. The smallest absolute Gasteiger partial charge is 0.237 e. The van der Waals surface area contributed by atoms with Gasteiger partial charge in [-0.3, -0.25) is 4.79 Å². The monoisotopic (exact) mass is 220 g/mol. The van der Waals surface area contributed by atoms with Gasteiger partial charge in [0.05, 0.1) is 6.04 Å². The van der Waals surface area contributed by atoms with Crippen LogP contribution in [0.15, 0.2) is 11.1 Å². The molecule has 0 aliphatic carbocycles. The number of carbonyl (C=O) groups is 1. The highest BCUT2D eigenvalue weighted by Crippen LogP contribution is 1.96. The van der Waals surface area contributed by atoms with Crippen molar-refractivity contribution in [2.75, 3.05) is 13.6 Å². The van der Waals surface area contributed by atoms with Crippen LogP contribution < -0.4 is 10.6 Å². The van der Waals surface area contributed by atoms with Crippen LogP contribution in [0.25, 0.3) is 0 Å². The fourth-order valence-electron chi connectivity index (χ4n) is 0.467. The third-order valence-electron chi connectivity index (χ3n) is 1.28.